The van der Waals surface area contributed by atoms with E-state index in [1.807, 2.05) is 110 Å². The number of hydrogen-bond acceptors (Lipinski definition) is 4. The summed E-state index contributed by atoms with van der Waals surface area (Å²) in [4.78, 5) is 4.49. The number of pyridine rings is 1. The lowest BCUT2D eigenvalue weighted by atomic mass is 10.3. The fraction of sp³-hybridized carbons (Fsp3) is 0.167. The van der Waals surface area contributed by atoms with Gasteiger partial charge in [-0.05, 0) is 57.2 Å². The zero-order chi connectivity index (χ0) is 20.5. The molecule has 0 fully saturated rings. The molecule has 0 atom stereocenters. The second-order valence-electron chi connectivity index (χ2n) is 6.33. The molecule has 0 radical (unpaired) electrons. The van der Waals surface area contributed by atoms with Crippen molar-refractivity contribution >= 4 is 0 Å². The molecule has 5 nitrogen and oxygen atoms in total. The first-order valence-corrected chi connectivity index (χ1v) is 9.57. The van der Waals surface area contributed by atoms with Crippen molar-refractivity contribution in [3.8, 4) is 23.2 Å². The van der Waals surface area contributed by atoms with Crippen LogP contribution in [0.1, 0.15) is 18.3 Å². The van der Waals surface area contributed by atoms with E-state index in [4.69, 9.17) is 9.47 Å². The molecule has 2 aromatic heterocycles. The van der Waals surface area contributed by atoms with Crippen LogP contribution in [0.5, 0.6) is 17.4 Å². The van der Waals surface area contributed by atoms with Crippen LogP contribution >= 0.6 is 0 Å². The van der Waals surface area contributed by atoms with E-state index in [0.29, 0.717) is 5.88 Å². The third-order valence-electron chi connectivity index (χ3n) is 3.96. The monoisotopic (exact) mass is 387 g/mol. The first-order valence-electron chi connectivity index (χ1n) is 9.57. The van der Waals surface area contributed by atoms with E-state index in [1.165, 1.54) is 0 Å². The van der Waals surface area contributed by atoms with Crippen molar-refractivity contribution < 1.29 is 9.47 Å². The van der Waals surface area contributed by atoms with Crippen LogP contribution in [0.25, 0.3) is 5.82 Å². The van der Waals surface area contributed by atoms with Crippen LogP contribution in [0.3, 0.4) is 0 Å². The van der Waals surface area contributed by atoms with Gasteiger partial charge in [-0.3, -0.25) is 0 Å². The van der Waals surface area contributed by atoms with Crippen LogP contribution in [0.15, 0.2) is 84.9 Å². The summed E-state index contributed by atoms with van der Waals surface area (Å²) in [5.41, 5.74) is 2.02. The van der Waals surface area contributed by atoms with Crippen molar-refractivity contribution in [2.24, 2.45) is 0 Å². The molecule has 4 rings (SSSR count). The molecule has 5 heteroatoms. The molecule has 0 bridgehead atoms. The minimum absolute atomic E-state index is 0.557. The van der Waals surface area contributed by atoms with E-state index in [2.05, 4.69) is 10.1 Å². The van der Waals surface area contributed by atoms with Crippen LogP contribution in [0.4, 0.5) is 0 Å². The number of ether oxygens (including phenoxy) is 2. The number of aromatic nitrogens is 3. The molecule has 2 aromatic carbocycles. The Labute approximate surface area is 171 Å². The summed E-state index contributed by atoms with van der Waals surface area (Å²) < 4.78 is 12.8. The Morgan fingerprint density at radius 1 is 0.793 bits per heavy atom. The van der Waals surface area contributed by atoms with Gasteiger partial charge in [-0.1, -0.05) is 42.5 Å². The standard InChI is InChI=1S/C16H15N3O.C8H10O/c1-12-11-13(2)19(18-12)15-9-6-10-16(17-15)20-14-7-4-3-5-8-14;1-2-9-8-6-4-3-5-7-8/h3-11H,1-2H3;3-7H,2H2,1H3. The highest BCUT2D eigenvalue weighted by molar-refractivity contribution is 5.32. The first kappa shape index (κ1) is 20.1. The molecular weight excluding hydrogens is 362 g/mol. The van der Waals surface area contributed by atoms with Crippen molar-refractivity contribution in [1.82, 2.24) is 14.8 Å². The molecule has 0 amide bonds. The summed E-state index contributed by atoms with van der Waals surface area (Å²) >= 11 is 0. The maximum absolute atomic E-state index is 5.73. The van der Waals surface area contributed by atoms with Gasteiger partial charge in [0, 0.05) is 11.8 Å². The number of rotatable bonds is 5. The molecule has 0 aliphatic heterocycles. The SMILES string of the molecule is CCOc1ccccc1.Cc1cc(C)n(-c2cccc(Oc3ccccc3)n2)n1. The number of benzene rings is 2. The molecule has 0 unspecified atom stereocenters. The summed E-state index contributed by atoms with van der Waals surface area (Å²) in [6.45, 7) is 6.69. The Bertz CT molecular complexity index is 1010. The Kier molecular flexibility index (Phi) is 7.00. The number of nitrogens with zero attached hydrogens (tertiary/aromatic N) is 3. The minimum Gasteiger partial charge on any atom is -0.494 e. The average molecular weight is 387 g/mol. The summed E-state index contributed by atoms with van der Waals surface area (Å²) in [6.07, 6.45) is 0. The van der Waals surface area contributed by atoms with Gasteiger partial charge in [-0.15, -0.1) is 0 Å². The number of para-hydroxylation sites is 2. The summed E-state index contributed by atoms with van der Waals surface area (Å²) in [6, 6.07) is 27.1. The minimum atomic E-state index is 0.557. The van der Waals surface area contributed by atoms with Crippen LogP contribution < -0.4 is 9.47 Å². The quantitative estimate of drug-likeness (QED) is 0.437. The average Bonchev–Trinajstić information content (AvgIpc) is 3.09. The lowest BCUT2D eigenvalue weighted by molar-refractivity contribution is 0.340. The molecule has 0 N–H and O–H groups in total. The predicted octanol–water partition coefficient (Wildman–Crippen LogP) is 5.76. The van der Waals surface area contributed by atoms with Gasteiger partial charge in [-0.2, -0.15) is 10.1 Å². The normalized spacial score (nSPS) is 10.0. The molecule has 148 valence electrons. The van der Waals surface area contributed by atoms with Crippen LogP contribution in [0, 0.1) is 13.8 Å². The molecule has 0 spiro atoms. The van der Waals surface area contributed by atoms with Crippen molar-refractivity contribution in [3.05, 3.63) is 96.3 Å². The van der Waals surface area contributed by atoms with Gasteiger partial charge >= 0.3 is 0 Å². The molecule has 29 heavy (non-hydrogen) atoms. The first-order chi connectivity index (χ1) is 14.2. The van der Waals surface area contributed by atoms with E-state index >= 15 is 0 Å². The molecule has 0 saturated carbocycles. The van der Waals surface area contributed by atoms with Crippen LogP contribution in [-0.2, 0) is 0 Å². The Balaban J connectivity index is 0.000000224. The zero-order valence-electron chi connectivity index (χ0n) is 16.9. The maximum atomic E-state index is 5.73. The lowest BCUT2D eigenvalue weighted by Gasteiger charge is -2.07. The molecule has 0 aliphatic carbocycles. The van der Waals surface area contributed by atoms with Gasteiger partial charge in [0.05, 0.1) is 12.3 Å². The maximum Gasteiger partial charge on any atom is 0.221 e. The Morgan fingerprint density at radius 3 is 2.03 bits per heavy atom. The largest absolute Gasteiger partial charge is 0.494 e. The third kappa shape index (κ3) is 5.94. The molecule has 0 aliphatic rings. The molecule has 0 saturated heterocycles. The summed E-state index contributed by atoms with van der Waals surface area (Å²) in [5.74, 6) is 3.02. The predicted molar refractivity (Wildman–Crippen MR) is 115 cm³/mol. The highest BCUT2D eigenvalue weighted by Crippen LogP contribution is 2.20. The highest BCUT2D eigenvalue weighted by atomic mass is 16.5. The number of hydrogen-bond donors (Lipinski definition) is 0. The van der Waals surface area contributed by atoms with Gasteiger partial charge in [0.1, 0.15) is 11.5 Å². The van der Waals surface area contributed by atoms with E-state index in [0.717, 1.165) is 35.3 Å². The molecular formula is C24H25N3O2. The van der Waals surface area contributed by atoms with Crippen molar-refractivity contribution in [2.45, 2.75) is 20.8 Å². The molecule has 2 heterocycles. The van der Waals surface area contributed by atoms with E-state index in [1.54, 1.807) is 0 Å². The fourth-order valence-corrected chi connectivity index (χ4v) is 2.73. The second-order valence-corrected chi connectivity index (χ2v) is 6.33. The summed E-state index contributed by atoms with van der Waals surface area (Å²) in [7, 11) is 0. The summed E-state index contributed by atoms with van der Waals surface area (Å²) in [5, 5.41) is 4.43. The third-order valence-corrected chi connectivity index (χ3v) is 3.96. The van der Waals surface area contributed by atoms with Crippen molar-refractivity contribution in [2.75, 3.05) is 6.61 Å². The topological polar surface area (TPSA) is 49.2 Å². The van der Waals surface area contributed by atoms with Gasteiger partial charge in [-0.25, -0.2) is 4.68 Å². The highest BCUT2D eigenvalue weighted by Gasteiger charge is 2.06. The van der Waals surface area contributed by atoms with Gasteiger partial charge in [0.2, 0.25) is 5.88 Å². The smallest absolute Gasteiger partial charge is 0.221 e. The van der Waals surface area contributed by atoms with Gasteiger partial charge in [0.25, 0.3) is 0 Å². The van der Waals surface area contributed by atoms with Gasteiger partial charge in [0.15, 0.2) is 5.82 Å². The van der Waals surface area contributed by atoms with E-state index < -0.39 is 0 Å². The second kappa shape index (κ2) is 10.1. The fourth-order valence-electron chi connectivity index (χ4n) is 2.73. The Morgan fingerprint density at radius 2 is 1.45 bits per heavy atom. The van der Waals surface area contributed by atoms with Gasteiger partial charge < -0.3 is 9.47 Å². The van der Waals surface area contributed by atoms with Crippen molar-refractivity contribution in [3.63, 3.8) is 0 Å². The van der Waals surface area contributed by atoms with Crippen LogP contribution in [-0.4, -0.2) is 21.4 Å². The van der Waals surface area contributed by atoms with E-state index in [9.17, 15) is 0 Å². The Hall–Kier alpha value is -3.60. The van der Waals surface area contributed by atoms with E-state index in [-0.39, 0.29) is 0 Å². The van der Waals surface area contributed by atoms with Crippen LogP contribution in [0.2, 0.25) is 0 Å². The lowest BCUT2D eigenvalue weighted by Crippen LogP contribution is -2.02. The van der Waals surface area contributed by atoms with Crippen molar-refractivity contribution in [1.29, 1.82) is 0 Å². The number of aryl methyl sites for hydroxylation is 2. The molecule has 4 aromatic rings. The zero-order valence-corrected chi connectivity index (χ0v) is 16.9.